The van der Waals surface area contributed by atoms with Gasteiger partial charge in [0.1, 0.15) is 0 Å². The van der Waals surface area contributed by atoms with E-state index >= 15 is 0 Å². The predicted octanol–water partition coefficient (Wildman–Crippen LogP) is 2.18. The minimum absolute atomic E-state index is 0.611. The second-order valence-corrected chi connectivity index (χ2v) is 4.05. The van der Waals surface area contributed by atoms with Gasteiger partial charge in [0.2, 0.25) is 0 Å². The van der Waals surface area contributed by atoms with Crippen molar-refractivity contribution in [2.75, 3.05) is 19.8 Å². The van der Waals surface area contributed by atoms with E-state index in [1.54, 1.807) is 0 Å². The van der Waals surface area contributed by atoms with E-state index in [2.05, 4.69) is 6.92 Å². The quantitative estimate of drug-likeness (QED) is 0.712. The van der Waals surface area contributed by atoms with Gasteiger partial charge in [0.05, 0.1) is 6.61 Å². The van der Waals surface area contributed by atoms with Crippen LogP contribution in [-0.2, 0) is 4.74 Å². The maximum Gasteiger partial charge on any atom is 0.0508 e. The molecule has 0 aromatic heterocycles. The smallest absolute Gasteiger partial charge is 0.0508 e. The van der Waals surface area contributed by atoms with Crippen molar-refractivity contribution in [3.63, 3.8) is 0 Å². The van der Waals surface area contributed by atoms with Crippen LogP contribution in [0.25, 0.3) is 0 Å². The first kappa shape index (κ1) is 11.0. The predicted molar refractivity (Wildman–Crippen MR) is 55.6 cm³/mol. The summed E-state index contributed by atoms with van der Waals surface area (Å²) in [6.07, 6.45) is 6.95. The first-order valence-corrected chi connectivity index (χ1v) is 5.66. The number of nitrogens with two attached hydrogens (primary N) is 1. The number of rotatable bonds is 5. The third-order valence-electron chi connectivity index (χ3n) is 3.16. The van der Waals surface area contributed by atoms with Gasteiger partial charge in [-0.25, -0.2) is 0 Å². The van der Waals surface area contributed by atoms with E-state index in [1.165, 1.54) is 32.1 Å². The third kappa shape index (κ3) is 3.65. The van der Waals surface area contributed by atoms with Crippen molar-refractivity contribution < 1.29 is 4.74 Å². The second kappa shape index (κ2) is 6.39. The van der Waals surface area contributed by atoms with Gasteiger partial charge in [0.25, 0.3) is 0 Å². The molecule has 1 atom stereocenters. The summed E-state index contributed by atoms with van der Waals surface area (Å²) in [5.74, 6) is 1.45. The molecule has 0 unspecified atom stereocenters. The Bertz CT molecular complexity index is 121. The summed E-state index contributed by atoms with van der Waals surface area (Å²) in [6, 6.07) is 0. The molecule has 0 heterocycles. The second-order valence-electron chi connectivity index (χ2n) is 4.05. The first-order chi connectivity index (χ1) is 6.38. The molecule has 0 amide bonds. The summed E-state index contributed by atoms with van der Waals surface area (Å²) in [7, 11) is 0. The average Bonchev–Trinajstić information content (AvgIpc) is 2.21. The Kier molecular flexibility index (Phi) is 5.40. The van der Waals surface area contributed by atoms with E-state index in [-0.39, 0.29) is 0 Å². The molecule has 0 aliphatic heterocycles. The lowest BCUT2D eigenvalue weighted by atomic mass is 9.80. The molecule has 0 spiro atoms. The summed E-state index contributed by atoms with van der Waals surface area (Å²) in [4.78, 5) is 0. The van der Waals surface area contributed by atoms with Crippen LogP contribution in [0.4, 0.5) is 0 Å². The average molecular weight is 185 g/mol. The monoisotopic (exact) mass is 185 g/mol. The molecular weight excluding hydrogens is 162 g/mol. The van der Waals surface area contributed by atoms with Crippen molar-refractivity contribution in [3.05, 3.63) is 0 Å². The van der Waals surface area contributed by atoms with Gasteiger partial charge in [-0.1, -0.05) is 32.1 Å². The van der Waals surface area contributed by atoms with Crippen LogP contribution in [0, 0.1) is 11.8 Å². The van der Waals surface area contributed by atoms with Gasteiger partial charge < -0.3 is 10.5 Å². The molecule has 2 heteroatoms. The van der Waals surface area contributed by atoms with Crippen LogP contribution in [-0.4, -0.2) is 19.8 Å². The SMILES string of the molecule is CCOC[C@H](CN)C1CCCCC1. The van der Waals surface area contributed by atoms with E-state index in [0.29, 0.717) is 5.92 Å². The maximum absolute atomic E-state index is 5.76. The van der Waals surface area contributed by atoms with E-state index in [1.807, 2.05) is 0 Å². The van der Waals surface area contributed by atoms with Crippen molar-refractivity contribution in [1.29, 1.82) is 0 Å². The van der Waals surface area contributed by atoms with Crippen molar-refractivity contribution in [1.82, 2.24) is 0 Å². The summed E-state index contributed by atoms with van der Waals surface area (Å²) in [6.45, 7) is 4.54. The Hall–Kier alpha value is -0.0800. The van der Waals surface area contributed by atoms with Crippen LogP contribution >= 0.6 is 0 Å². The number of hydrogen-bond donors (Lipinski definition) is 1. The van der Waals surface area contributed by atoms with E-state index < -0.39 is 0 Å². The minimum atomic E-state index is 0.611. The molecule has 1 aliphatic carbocycles. The Morgan fingerprint density at radius 3 is 2.54 bits per heavy atom. The molecule has 0 aromatic rings. The molecule has 1 saturated carbocycles. The topological polar surface area (TPSA) is 35.2 Å². The standard InChI is InChI=1S/C11H23NO/c1-2-13-9-11(8-12)10-6-4-3-5-7-10/h10-11H,2-9,12H2,1H3/t11-/m0/s1. The van der Waals surface area contributed by atoms with Gasteiger partial charge in [-0.05, 0) is 25.3 Å². The maximum atomic E-state index is 5.76. The van der Waals surface area contributed by atoms with Crippen molar-refractivity contribution in [2.45, 2.75) is 39.0 Å². The number of hydrogen-bond acceptors (Lipinski definition) is 2. The lowest BCUT2D eigenvalue weighted by molar-refractivity contribution is 0.0784. The normalized spacial score (nSPS) is 21.7. The Labute approximate surface area is 81.8 Å². The summed E-state index contributed by atoms with van der Waals surface area (Å²) in [5.41, 5.74) is 5.76. The minimum Gasteiger partial charge on any atom is -0.381 e. The summed E-state index contributed by atoms with van der Waals surface area (Å²) < 4.78 is 5.46. The molecule has 1 aliphatic rings. The Morgan fingerprint density at radius 1 is 1.31 bits per heavy atom. The largest absolute Gasteiger partial charge is 0.381 e. The molecule has 0 aromatic carbocycles. The highest BCUT2D eigenvalue weighted by Gasteiger charge is 2.22. The zero-order valence-corrected chi connectivity index (χ0v) is 8.80. The fourth-order valence-corrected chi connectivity index (χ4v) is 2.27. The zero-order chi connectivity index (χ0) is 9.52. The van der Waals surface area contributed by atoms with E-state index in [0.717, 1.165) is 25.7 Å². The number of ether oxygens (including phenoxy) is 1. The van der Waals surface area contributed by atoms with Crippen LogP contribution in [0.15, 0.2) is 0 Å². The highest BCUT2D eigenvalue weighted by Crippen LogP contribution is 2.29. The van der Waals surface area contributed by atoms with Crippen molar-refractivity contribution in [3.8, 4) is 0 Å². The lowest BCUT2D eigenvalue weighted by Crippen LogP contribution is -2.29. The van der Waals surface area contributed by atoms with Gasteiger partial charge >= 0.3 is 0 Å². The van der Waals surface area contributed by atoms with Crippen molar-refractivity contribution >= 4 is 0 Å². The van der Waals surface area contributed by atoms with E-state index in [9.17, 15) is 0 Å². The fourth-order valence-electron chi connectivity index (χ4n) is 2.27. The van der Waals surface area contributed by atoms with Gasteiger partial charge in [0.15, 0.2) is 0 Å². The van der Waals surface area contributed by atoms with Crippen LogP contribution in [0.1, 0.15) is 39.0 Å². The molecule has 1 fully saturated rings. The van der Waals surface area contributed by atoms with E-state index in [4.69, 9.17) is 10.5 Å². The molecule has 1 rings (SSSR count). The van der Waals surface area contributed by atoms with Crippen LogP contribution in [0.2, 0.25) is 0 Å². The van der Waals surface area contributed by atoms with Crippen LogP contribution in [0.3, 0.4) is 0 Å². The highest BCUT2D eigenvalue weighted by atomic mass is 16.5. The van der Waals surface area contributed by atoms with Gasteiger partial charge in [-0.2, -0.15) is 0 Å². The Balaban J connectivity index is 2.26. The molecule has 0 saturated heterocycles. The van der Waals surface area contributed by atoms with Gasteiger partial charge in [0, 0.05) is 6.61 Å². The van der Waals surface area contributed by atoms with Crippen molar-refractivity contribution in [2.24, 2.45) is 17.6 Å². The van der Waals surface area contributed by atoms with Gasteiger partial charge in [-0.15, -0.1) is 0 Å². The summed E-state index contributed by atoms with van der Waals surface area (Å²) >= 11 is 0. The molecular formula is C11H23NO. The molecule has 0 radical (unpaired) electrons. The molecule has 13 heavy (non-hydrogen) atoms. The van der Waals surface area contributed by atoms with Crippen LogP contribution < -0.4 is 5.73 Å². The van der Waals surface area contributed by atoms with Crippen LogP contribution in [0.5, 0.6) is 0 Å². The fraction of sp³-hybridized carbons (Fsp3) is 1.00. The highest BCUT2D eigenvalue weighted by molar-refractivity contribution is 4.74. The molecule has 2 N–H and O–H groups in total. The zero-order valence-electron chi connectivity index (χ0n) is 8.80. The Morgan fingerprint density at radius 2 is 2.00 bits per heavy atom. The summed E-state index contributed by atoms with van der Waals surface area (Å²) in [5, 5.41) is 0. The lowest BCUT2D eigenvalue weighted by Gasteiger charge is -2.29. The molecule has 2 nitrogen and oxygen atoms in total. The first-order valence-electron chi connectivity index (χ1n) is 5.66. The molecule has 78 valence electrons. The van der Waals surface area contributed by atoms with Gasteiger partial charge in [-0.3, -0.25) is 0 Å². The molecule has 0 bridgehead atoms. The third-order valence-corrected chi connectivity index (χ3v) is 3.16.